The highest BCUT2D eigenvalue weighted by atomic mass is 16.4. The number of likely N-dealkylation sites (tertiary alicyclic amines) is 1. The van der Waals surface area contributed by atoms with Crippen LogP contribution in [0.5, 0.6) is 0 Å². The molecule has 5 nitrogen and oxygen atoms in total. The van der Waals surface area contributed by atoms with Gasteiger partial charge >= 0.3 is 5.97 Å². The Morgan fingerprint density at radius 1 is 1.14 bits per heavy atom. The van der Waals surface area contributed by atoms with Gasteiger partial charge in [-0.25, -0.2) is 0 Å². The number of amides is 1. The molecule has 2 N–H and O–H groups in total. The van der Waals surface area contributed by atoms with Gasteiger partial charge in [-0.05, 0) is 31.6 Å². The first-order valence-corrected chi connectivity index (χ1v) is 8.35. The van der Waals surface area contributed by atoms with Gasteiger partial charge in [0.05, 0.1) is 12.5 Å². The first-order chi connectivity index (χ1) is 10.1. The standard InChI is InChI=1S/C16H28N2O3/c1-2-12-5-3-4-6-14(12)17-11-15(19)18-9-7-13(8-10-18)16(20)21/h12-14,17H,2-11H2,1H3,(H,20,21). The lowest BCUT2D eigenvalue weighted by atomic mass is 9.83. The van der Waals surface area contributed by atoms with E-state index in [0.29, 0.717) is 44.4 Å². The molecule has 0 aromatic heterocycles. The Labute approximate surface area is 127 Å². The molecule has 2 aliphatic rings. The zero-order valence-corrected chi connectivity index (χ0v) is 13.0. The number of hydrogen-bond acceptors (Lipinski definition) is 3. The van der Waals surface area contributed by atoms with E-state index in [2.05, 4.69) is 12.2 Å². The number of carbonyl (C=O) groups is 2. The number of carbonyl (C=O) groups excluding carboxylic acids is 1. The summed E-state index contributed by atoms with van der Waals surface area (Å²) in [6, 6.07) is 0.476. The van der Waals surface area contributed by atoms with E-state index in [1.807, 2.05) is 4.90 Å². The van der Waals surface area contributed by atoms with E-state index in [0.717, 1.165) is 0 Å². The molecule has 0 radical (unpaired) electrons. The minimum absolute atomic E-state index is 0.124. The van der Waals surface area contributed by atoms with E-state index in [1.54, 1.807) is 0 Å². The van der Waals surface area contributed by atoms with Crippen LogP contribution in [0.15, 0.2) is 0 Å². The van der Waals surface area contributed by atoms with Crippen molar-refractivity contribution in [2.24, 2.45) is 11.8 Å². The zero-order valence-electron chi connectivity index (χ0n) is 13.0. The van der Waals surface area contributed by atoms with Crippen molar-refractivity contribution < 1.29 is 14.7 Å². The van der Waals surface area contributed by atoms with Crippen molar-refractivity contribution in [2.75, 3.05) is 19.6 Å². The summed E-state index contributed by atoms with van der Waals surface area (Å²) < 4.78 is 0. The van der Waals surface area contributed by atoms with Crippen LogP contribution in [0.2, 0.25) is 0 Å². The van der Waals surface area contributed by atoms with E-state index in [9.17, 15) is 9.59 Å². The molecule has 1 saturated carbocycles. The quantitative estimate of drug-likeness (QED) is 0.812. The van der Waals surface area contributed by atoms with Crippen LogP contribution < -0.4 is 5.32 Å². The second-order valence-electron chi connectivity index (χ2n) is 6.43. The van der Waals surface area contributed by atoms with Crippen molar-refractivity contribution in [3.05, 3.63) is 0 Å². The highest BCUT2D eigenvalue weighted by Crippen LogP contribution is 2.26. The van der Waals surface area contributed by atoms with Crippen molar-refractivity contribution in [1.29, 1.82) is 0 Å². The molecule has 120 valence electrons. The third-order valence-corrected chi connectivity index (χ3v) is 5.15. The highest BCUT2D eigenvalue weighted by molar-refractivity contribution is 5.79. The normalized spacial score (nSPS) is 27.6. The van der Waals surface area contributed by atoms with Gasteiger partial charge in [0, 0.05) is 19.1 Å². The number of nitrogens with one attached hydrogen (secondary N) is 1. The second kappa shape index (κ2) is 7.78. The third kappa shape index (κ3) is 4.43. The number of hydrogen-bond donors (Lipinski definition) is 2. The van der Waals surface area contributed by atoms with Gasteiger partial charge in [0.2, 0.25) is 5.91 Å². The van der Waals surface area contributed by atoms with E-state index in [-0.39, 0.29) is 11.8 Å². The molecular weight excluding hydrogens is 268 g/mol. The molecule has 2 rings (SSSR count). The van der Waals surface area contributed by atoms with Crippen LogP contribution >= 0.6 is 0 Å². The van der Waals surface area contributed by atoms with Crippen LogP contribution in [0.25, 0.3) is 0 Å². The number of nitrogens with zero attached hydrogens (tertiary/aromatic N) is 1. The number of aliphatic carboxylic acids is 1. The van der Waals surface area contributed by atoms with Crippen LogP contribution in [0.4, 0.5) is 0 Å². The number of carboxylic acids is 1. The first-order valence-electron chi connectivity index (χ1n) is 8.35. The molecule has 0 spiro atoms. The topological polar surface area (TPSA) is 69.6 Å². The number of rotatable bonds is 5. The third-order valence-electron chi connectivity index (χ3n) is 5.15. The fourth-order valence-electron chi connectivity index (χ4n) is 3.67. The maximum absolute atomic E-state index is 12.2. The second-order valence-corrected chi connectivity index (χ2v) is 6.43. The molecule has 1 amide bonds. The predicted octanol–water partition coefficient (Wildman–Crippen LogP) is 1.87. The van der Waals surface area contributed by atoms with Crippen LogP contribution in [0.3, 0.4) is 0 Å². The average molecular weight is 296 g/mol. The minimum atomic E-state index is -0.729. The fourth-order valence-corrected chi connectivity index (χ4v) is 3.67. The Balaban J connectivity index is 1.73. The van der Waals surface area contributed by atoms with Gasteiger partial charge in [0.1, 0.15) is 0 Å². The lowest BCUT2D eigenvalue weighted by Gasteiger charge is -2.34. The monoisotopic (exact) mass is 296 g/mol. The SMILES string of the molecule is CCC1CCCCC1NCC(=O)N1CCC(C(=O)O)CC1. The van der Waals surface area contributed by atoms with Gasteiger partial charge in [-0.1, -0.05) is 26.2 Å². The van der Waals surface area contributed by atoms with E-state index in [1.165, 1.54) is 32.1 Å². The van der Waals surface area contributed by atoms with Crippen LogP contribution in [0, 0.1) is 11.8 Å². The molecule has 5 heteroatoms. The van der Waals surface area contributed by atoms with Crippen molar-refractivity contribution in [1.82, 2.24) is 10.2 Å². The van der Waals surface area contributed by atoms with E-state index >= 15 is 0 Å². The van der Waals surface area contributed by atoms with Gasteiger partial charge in [-0.3, -0.25) is 9.59 Å². The molecule has 0 bridgehead atoms. The maximum atomic E-state index is 12.2. The zero-order chi connectivity index (χ0) is 15.2. The molecule has 1 aliphatic carbocycles. The Kier molecular flexibility index (Phi) is 6.03. The predicted molar refractivity (Wildman–Crippen MR) is 81.0 cm³/mol. The van der Waals surface area contributed by atoms with Crippen LogP contribution in [-0.4, -0.2) is 47.6 Å². The molecule has 0 aromatic rings. The fraction of sp³-hybridized carbons (Fsp3) is 0.875. The summed E-state index contributed by atoms with van der Waals surface area (Å²) in [6.07, 6.45) is 7.36. The highest BCUT2D eigenvalue weighted by Gasteiger charge is 2.28. The Morgan fingerprint density at radius 2 is 1.81 bits per heavy atom. The van der Waals surface area contributed by atoms with Gasteiger partial charge < -0.3 is 15.3 Å². The van der Waals surface area contributed by atoms with Crippen molar-refractivity contribution in [3.8, 4) is 0 Å². The van der Waals surface area contributed by atoms with E-state index < -0.39 is 5.97 Å². The largest absolute Gasteiger partial charge is 0.481 e. The summed E-state index contributed by atoms with van der Waals surface area (Å²) in [5.74, 6) is -0.179. The summed E-state index contributed by atoms with van der Waals surface area (Å²) in [7, 11) is 0. The lowest BCUT2D eigenvalue weighted by Crippen LogP contribution is -2.47. The summed E-state index contributed by atoms with van der Waals surface area (Å²) in [6.45, 7) is 3.79. The summed E-state index contributed by atoms with van der Waals surface area (Å²) in [5, 5.41) is 12.4. The number of piperidine rings is 1. The van der Waals surface area contributed by atoms with Gasteiger partial charge in [-0.2, -0.15) is 0 Å². The van der Waals surface area contributed by atoms with Crippen molar-refractivity contribution >= 4 is 11.9 Å². The molecule has 0 aromatic carbocycles. The van der Waals surface area contributed by atoms with Crippen molar-refractivity contribution in [3.63, 3.8) is 0 Å². The van der Waals surface area contributed by atoms with E-state index in [4.69, 9.17) is 5.11 Å². The van der Waals surface area contributed by atoms with Crippen molar-refractivity contribution in [2.45, 2.75) is 57.9 Å². The van der Waals surface area contributed by atoms with Crippen LogP contribution in [-0.2, 0) is 9.59 Å². The molecule has 21 heavy (non-hydrogen) atoms. The Morgan fingerprint density at radius 3 is 2.43 bits per heavy atom. The minimum Gasteiger partial charge on any atom is -0.481 e. The van der Waals surface area contributed by atoms with Gasteiger partial charge in [0.15, 0.2) is 0 Å². The lowest BCUT2D eigenvalue weighted by molar-refractivity contribution is -0.145. The molecule has 2 unspecified atom stereocenters. The molecular formula is C16H28N2O3. The molecule has 1 saturated heterocycles. The summed E-state index contributed by atoms with van der Waals surface area (Å²) in [4.78, 5) is 25.0. The van der Waals surface area contributed by atoms with Crippen LogP contribution in [0.1, 0.15) is 51.9 Å². The summed E-state index contributed by atoms with van der Waals surface area (Å²) >= 11 is 0. The first kappa shape index (κ1) is 16.3. The molecule has 1 heterocycles. The Bertz CT molecular complexity index is 365. The maximum Gasteiger partial charge on any atom is 0.306 e. The average Bonchev–Trinajstić information content (AvgIpc) is 2.52. The Hall–Kier alpha value is -1.10. The molecule has 2 atom stereocenters. The van der Waals surface area contributed by atoms with Gasteiger partial charge in [0.25, 0.3) is 0 Å². The van der Waals surface area contributed by atoms with Gasteiger partial charge in [-0.15, -0.1) is 0 Å². The smallest absolute Gasteiger partial charge is 0.306 e. The number of carboxylic acid groups (broad SMARTS) is 1. The molecule has 2 fully saturated rings. The molecule has 1 aliphatic heterocycles. The summed E-state index contributed by atoms with van der Waals surface area (Å²) in [5.41, 5.74) is 0.